The first-order valence-electron chi connectivity index (χ1n) is 7.39. The second-order valence-electron chi connectivity index (χ2n) is 5.60. The van der Waals surface area contributed by atoms with Crippen LogP contribution in [-0.2, 0) is 6.42 Å². The Balaban J connectivity index is 1.92. The summed E-state index contributed by atoms with van der Waals surface area (Å²) >= 11 is 5.74. The maximum atomic E-state index is 13.9. The molecule has 0 aliphatic heterocycles. The molecule has 0 saturated heterocycles. The molecule has 4 heteroatoms. The van der Waals surface area contributed by atoms with Crippen molar-refractivity contribution >= 4 is 11.6 Å². The van der Waals surface area contributed by atoms with Crippen molar-refractivity contribution < 1.29 is 9.50 Å². The Bertz CT molecular complexity index is 632. The third-order valence-corrected chi connectivity index (χ3v) is 4.08. The lowest BCUT2D eigenvalue weighted by Gasteiger charge is -2.19. The molecule has 0 aliphatic carbocycles. The van der Waals surface area contributed by atoms with E-state index in [0.717, 1.165) is 6.42 Å². The molecular weight excluding hydrogens is 301 g/mol. The second kappa shape index (κ2) is 7.73. The van der Waals surface area contributed by atoms with E-state index in [1.807, 2.05) is 19.1 Å². The van der Waals surface area contributed by atoms with Gasteiger partial charge < -0.3 is 10.4 Å². The number of aliphatic hydroxyl groups excluding tert-OH is 1. The van der Waals surface area contributed by atoms with E-state index in [0.29, 0.717) is 0 Å². The topological polar surface area (TPSA) is 32.3 Å². The number of rotatable bonds is 6. The summed E-state index contributed by atoms with van der Waals surface area (Å²) in [6, 6.07) is 13.1. The van der Waals surface area contributed by atoms with Gasteiger partial charge in [-0.2, -0.15) is 0 Å². The Labute approximate surface area is 135 Å². The first-order chi connectivity index (χ1) is 10.5. The van der Waals surface area contributed by atoms with Gasteiger partial charge in [-0.1, -0.05) is 48.0 Å². The zero-order valence-electron chi connectivity index (χ0n) is 12.8. The van der Waals surface area contributed by atoms with E-state index in [-0.39, 0.29) is 23.2 Å². The zero-order valence-corrected chi connectivity index (χ0v) is 13.6. The van der Waals surface area contributed by atoms with Crippen LogP contribution < -0.4 is 5.32 Å². The standard InChI is InChI=1S/C18H21ClFNO/c1-12-6-3-4-7-14(12)10-13(2)21-11-17(22)15-8-5-9-16(19)18(15)20/h3-9,13,17,21-22H,10-11H2,1-2H3/t13-,17+/m1/s1. The SMILES string of the molecule is Cc1ccccc1C[C@@H](C)NC[C@H](O)c1cccc(Cl)c1F. The summed E-state index contributed by atoms with van der Waals surface area (Å²) in [5.74, 6) is -0.551. The van der Waals surface area contributed by atoms with Crippen molar-refractivity contribution in [1.82, 2.24) is 5.32 Å². The van der Waals surface area contributed by atoms with Gasteiger partial charge in [0.15, 0.2) is 0 Å². The van der Waals surface area contributed by atoms with Crippen molar-refractivity contribution in [3.8, 4) is 0 Å². The minimum absolute atomic E-state index is 0.0320. The van der Waals surface area contributed by atoms with Gasteiger partial charge in [0.05, 0.1) is 11.1 Å². The molecule has 0 amide bonds. The van der Waals surface area contributed by atoms with Gasteiger partial charge in [-0.25, -0.2) is 4.39 Å². The molecule has 0 aromatic heterocycles. The largest absolute Gasteiger partial charge is 0.387 e. The van der Waals surface area contributed by atoms with E-state index in [2.05, 4.69) is 24.4 Å². The molecule has 0 spiro atoms. The van der Waals surface area contributed by atoms with Crippen molar-refractivity contribution in [2.75, 3.05) is 6.54 Å². The Hall–Kier alpha value is -1.42. The number of hydrogen-bond donors (Lipinski definition) is 2. The summed E-state index contributed by atoms with van der Waals surface area (Å²) < 4.78 is 13.9. The average Bonchev–Trinajstić information content (AvgIpc) is 2.50. The predicted molar refractivity (Wildman–Crippen MR) is 88.7 cm³/mol. The van der Waals surface area contributed by atoms with Crippen LogP contribution in [0.5, 0.6) is 0 Å². The highest BCUT2D eigenvalue weighted by atomic mass is 35.5. The summed E-state index contributed by atoms with van der Waals surface area (Å²) in [6.07, 6.45) is -0.0599. The average molecular weight is 322 g/mol. The van der Waals surface area contributed by atoms with Gasteiger partial charge in [-0.15, -0.1) is 0 Å². The van der Waals surface area contributed by atoms with Crippen LogP contribution in [-0.4, -0.2) is 17.7 Å². The normalized spacial score (nSPS) is 13.9. The molecule has 0 unspecified atom stereocenters. The molecule has 0 aliphatic rings. The Morgan fingerprint density at radius 2 is 1.91 bits per heavy atom. The fourth-order valence-electron chi connectivity index (χ4n) is 2.44. The van der Waals surface area contributed by atoms with Crippen molar-refractivity contribution in [2.45, 2.75) is 32.4 Å². The molecule has 0 heterocycles. The quantitative estimate of drug-likeness (QED) is 0.841. The van der Waals surface area contributed by atoms with Gasteiger partial charge in [0.2, 0.25) is 0 Å². The van der Waals surface area contributed by atoms with Crippen LogP contribution in [0.25, 0.3) is 0 Å². The molecule has 22 heavy (non-hydrogen) atoms. The first-order valence-corrected chi connectivity index (χ1v) is 7.76. The minimum atomic E-state index is -0.918. The van der Waals surface area contributed by atoms with Crippen molar-refractivity contribution in [3.63, 3.8) is 0 Å². The Morgan fingerprint density at radius 1 is 1.18 bits per heavy atom. The van der Waals surface area contributed by atoms with E-state index in [9.17, 15) is 9.50 Å². The summed E-state index contributed by atoms with van der Waals surface area (Å²) in [5.41, 5.74) is 2.74. The molecule has 2 aromatic carbocycles. The number of benzene rings is 2. The van der Waals surface area contributed by atoms with Crippen molar-refractivity contribution in [1.29, 1.82) is 0 Å². The van der Waals surface area contributed by atoms with Crippen LogP contribution >= 0.6 is 11.6 Å². The minimum Gasteiger partial charge on any atom is -0.387 e. The van der Waals surface area contributed by atoms with E-state index >= 15 is 0 Å². The van der Waals surface area contributed by atoms with Crippen molar-refractivity contribution in [2.24, 2.45) is 0 Å². The molecule has 2 nitrogen and oxygen atoms in total. The molecule has 2 rings (SSSR count). The van der Waals surface area contributed by atoms with E-state index in [1.54, 1.807) is 12.1 Å². The van der Waals surface area contributed by atoms with Crippen LogP contribution in [0.2, 0.25) is 5.02 Å². The number of aryl methyl sites for hydroxylation is 1. The monoisotopic (exact) mass is 321 g/mol. The van der Waals surface area contributed by atoms with Gasteiger partial charge in [-0.3, -0.25) is 0 Å². The lowest BCUT2D eigenvalue weighted by molar-refractivity contribution is 0.166. The van der Waals surface area contributed by atoms with E-state index in [4.69, 9.17) is 11.6 Å². The van der Waals surface area contributed by atoms with Gasteiger partial charge in [0, 0.05) is 18.2 Å². The van der Waals surface area contributed by atoms with Crippen molar-refractivity contribution in [3.05, 3.63) is 70.0 Å². The molecular formula is C18H21ClFNO. The highest BCUT2D eigenvalue weighted by Gasteiger charge is 2.16. The van der Waals surface area contributed by atoms with E-state index in [1.165, 1.54) is 17.2 Å². The molecule has 0 fully saturated rings. The predicted octanol–water partition coefficient (Wildman–Crippen LogP) is 4.04. The summed E-state index contributed by atoms with van der Waals surface area (Å²) in [7, 11) is 0. The number of nitrogens with one attached hydrogen (secondary N) is 1. The van der Waals surface area contributed by atoms with Gasteiger partial charge >= 0.3 is 0 Å². The lowest BCUT2D eigenvalue weighted by atomic mass is 10.0. The molecule has 0 radical (unpaired) electrons. The zero-order chi connectivity index (χ0) is 16.1. The van der Waals surface area contributed by atoms with Crippen LogP contribution in [0, 0.1) is 12.7 Å². The molecule has 0 bridgehead atoms. The maximum absolute atomic E-state index is 13.9. The maximum Gasteiger partial charge on any atom is 0.147 e. The van der Waals surface area contributed by atoms with Crippen LogP contribution in [0.4, 0.5) is 4.39 Å². The smallest absolute Gasteiger partial charge is 0.147 e. The molecule has 2 N–H and O–H groups in total. The van der Waals surface area contributed by atoms with Crippen LogP contribution in [0.15, 0.2) is 42.5 Å². The number of aliphatic hydroxyl groups is 1. The third-order valence-electron chi connectivity index (χ3n) is 3.79. The molecule has 2 atom stereocenters. The third kappa shape index (κ3) is 4.29. The van der Waals surface area contributed by atoms with Gasteiger partial charge in [0.25, 0.3) is 0 Å². The molecule has 0 saturated carbocycles. The highest BCUT2D eigenvalue weighted by Crippen LogP contribution is 2.23. The van der Waals surface area contributed by atoms with Gasteiger partial charge in [0.1, 0.15) is 5.82 Å². The lowest BCUT2D eigenvalue weighted by Crippen LogP contribution is -2.32. The molecule has 118 valence electrons. The summed E-state index contributed by atoms with van der Waals surface area (Å²) in [5, 5.41) is 13.4. The fraction of sp³-hybridized carbons (Fsp3) is 0.333. The van der Waals surface area contributed by atoms with Crippen LogP contribution in [0.1, 0.15) is 29.7 Å². The highest BCUT2D eigenvalue weighted by molar-refractivity contribution is 6.30. The molecule has 2 aromatic rings. The summed E-state index contributed by atoms with van der Waals surface area (Å²) in [4.78, 5) is 0. The Morgan fingerprint density at radius 3 is 2.64 bits per heavy atom. The first kappa shape index (κ1) is 16.9. The Kier molecular flexibility index (Phi) is 5.95. The fourth-order valence-corrected chi connectivity index (χ4v) is 2.62. The summed E-state index contributed by atoms with van der Waals surface area (Å²) in [6.45, 7) is 4.41. The van der Waals surface area contributed by atoms with Crippen LogP contribution in [0.3, 0.4) is 0 Å². The van der Waals surface area contributed by atoms with Gasteiger partial charge in [-0.05, 0) is 37.5 Å². The number of hydrogen-bond acceptors (Lipinski definition) is 2. The van der Waals surface area contributed by atoms with E-state index < -0.39 is 11.9 Å². The second-order valence-corrected chi connectivity index (χ2v) is 6.01. The number of halogens is 2.